The predicted molar refractivity (Wildman–Crippen MR) is 72.4 cm³/mol. The molecule has 0 aliphatic carbocycles. The molecule has 0 saturated heterocycles. The van der Waals surface area contributed by atoms with Crippen molar-refractivity contribution in [2.75, 3.05) is 6.61 Å². The lowest BCUT2D eigenvalue weighted by atomic mass is 10.2. The van der Waals surface area contributed by atoms with Gasteiger partial charge in [0.25, 0.3) is 0 Å². The number of furan rings is 1. The van der Waals surface area contributed by atoms with Gasteiger partial charge in [-0.25, -0.2) is 8.78 Å². The second kappa shape index (κ2) is 5.36. The van der Waals surface area contributed by atoms with Crippen molar-refractivity contribution in [1.82, 2.24) is 0 Å². The van der Waals surface area contributed by atoms with E-state index in [1.165, 1.54) is 0 Å². The van der Waals surface area contributed by atoms with Crippen molar-refractivity contribution in [2.24, 2.45) is 0 Å². The zero-order valence-corrected chi connectivity index (χ0v) is 10.8. The summed E-state index contributed by atoms with van der Waals surface area (Å²) in [5, 5.41) is 0.800. The first-order chi connectivity index (χ1) is 10.1. The van der Waals surface area contributed by atoms with E-state index in [4.69, 9.17) is 9.15 Å². The van der Waals surface area contributed by atoms with E-state index in [-0.39, 0.29) is 18.1 Å². The molecule has 21 heavy (non-hydrogen) atoms. The van der Waals surface area contributed by atoms with Gasteiger partial charge in [-0.15, -0.1) is 0 Å². The van der Waals surface area contributed by atoms with Crippen LogP contribution in [0.2, 0.25) is 0 Å². The summed E-state index contributed by atoms with van der Waals surface area (Å²) in [5.41, 5.74) is 0.591. The Balaban J connectivity index is 1.74. The van der Waals surface area contributed by atoms with E-state index in [9.17, 15) is 13.6 Å². The van der Waals surface area contributed by atoms with Gasteiger partial charge >= 0.3 is 0 Å². The standard InChI is InChI=1S/C16H10F2O3/c17-11-5-6-15(12(18)8-11)20-9-13(19)16-7-10-3-1-2-4-14(10)21-16/h1-8H,9H2. The Bertz CT molecular complexity index is 775. The number of benzene rings is 2. The molecule has 0 aliphatic heterocycles. The van der Waals surface area contributed by atoms with Crippen LogP contribution in [-0.2, 0) is 0 Å². The van der Waals surface area contributed by atoms with Crippen molar-refractivity contribution in [3.63, 3.8) is 0 Å². The van der Waals surface area contributed by atoms with Crippen molar-refractivity contribution in [1.29, 1.82) is 0 Å². The van der Waals surface area contributed by atoms with Crippen LogP contribution < -0.4 is 4.74 Å². The molecule has 0 N–H and O–H groups in total. The Hall–Kier alpha value is -2.69. The molecule has 0 radical (unpaired) electrons. The average Bonchev–Trinajstić information content (AvgIpc) is 2.90. The zero-order valence-electron chi connectivity index (χ0n) is 10.8. The molecular formula is C16H10F2O3. The lowest BCUT2D eigenvalue weighted by Crippen LogP contribution is -2.11. The van der Waals surface area contributed by atoms with Crippen LogP contribution >= 0.6 is 0 Å². The van der Waals surface area contributed by atoms with Gasteiger partial charge in [0.2, 0.25) is 5.78 Å². The third kappa shape index (κ3) is 2.76. The molecule has 2 aromatic carbocycles. The Morgan fingerprint density at radius 3 is 2.67 bits per heavy atom. The van der Waals surface area contributed by atoms with Crippen molar-refractivity contribution in [3.05, 3.63) is 65.9 Å². The molecule has 0 unspecified atom stereocenters. The topological polar surface area (TPSA) is 39.4 Å². The molecular weight excluding hydrogens is 278 g/mol. The number of rotatable bonds is 4. The number of ketones is 1. The fourth-order valence-electron chi connectivity index (χ4n) is 1.93. The summed E-state index contributed by atoms with van der Waals surface area (Å²) in [5.74, 6) is -2.02. The second-order valence-electron chi connectivity index (χ2n) is 4.44. The maximum atomic E-state index is 13.4. The molecule has 0 bridgehead atoms. The molecule has 5 heteroatoms. The van der Waals surface area contributed by atoms with E-state index >= 15 is 0 Å². The number of ether oxygens (including phenoxy) is 1. The monoisotopic (exact) mass is 288 g/mol. The summed E-state index contributed by atoms with van der Waals surface area (Å²) in [4.78, 5) is 12.0. The maximum absolute atomic E-state index is 13.4. The van der Waals surface area contributed by atoms with Crippen LogP contribution in [0.15, 0.2) is 52.9 Å². The summed E-state index contributed by atoms with van der Waals surface area (Å²) in [6, 6.07) is 11.7. The summed E-state index contributed by atoms with van der Waals surface area (Å²) in [6.45, 7) is -0.387. The average molecular weight is 288 g/mol. The van der Waals surface area contributed by atoms with Gasteiger partial charge in [-0.1, -0.05) is 18.2 Å². The van der Waals surface area contributed by atoms with E-state index in [1.807, 2.05) is 12.1 Å². The smallest absolute Gasteiger partial charge is 0.235 e. The minimum absolute atomic E-state index is 0.138. The number of hydrogen-bond donors (Lipinski definition) is 0. The van der Waals surface area contributed by atoms with E-state index in [0.29, 0.717) is 11.6 Å². The summed E-state index contributed by atoms with van der Waals surface area (Å²) in [7, 11) is 0. The van der Waals surface area contributed by atoms with Crippen LogP contribution in [0.25, 0.3) is 11.0 Å². The molecule has 106 valence electrons. The number of para-hydroxylation sites is 1. The molecule has 3 rings (SSSR count). The molecule has 1 heterocycles. The third-order valence-electron chi connectivity index (χ3n) is 2.95. The Kier molecular flexibility index (Phi) is 3.39. The second-order valence-corrected chi connectivity index (χ2v) is 4.44. The molecule has 3 aromatic rings. The highest BCUT2D eigenvalue weighted by Gasteiger charge is 2.14. The van der Waals surface area contributed by atoms with Crippen molar-refractivity contribution in [2.45, 2.75) is 0 Å². The van der Waals surface area contributed by atoms with Crippen molar-refractivity contribution in [3.8, 4) is 5.75 Å². The normalized spacial score (nSPS) is 10.8. The highest BCUT2D eigenvalue weighted by molar-refractivity contribution is 5.98. The van der Waals surface area contributed by atoms with Crippen LogP contribution in [0.5, 0.6) is 5.75 Å². The molecule has 0 spiro atoms. The fourth-order valence-corrected chi connectivity index (χ4v) is 1.93. The van der Waals surface area contributed by atoms with Crippen molar-refractivity contribution >= 4 is 16.8 Å². The number of fused-ring (bicyclic) bond motifs is 1. The largest absolute Gasteiger partial charge is 0.482 e. The van der Waals surface area contributed by atoms with Gasteiger partial charge in [0.05, 0.1) is 0 Å². The van der Waals surface area contributed by atoms with Gasteiger partial charge in [0, 0.05) is 11.5 Å². The number of halogens is 2. The first-order valence-electron chi connectivity index (χ1n) is 6.23. The van der Waals surface area contributed by atoms with Crippen LogP contribution in [0.3, 0.4) is 0 Å². The van der Waals surface area contributed by atoms with E-state index in [2.05, 4.69) is 0 Å². The Morgan fingerprint density at radius 1 is 1.10 bits per heavy atom. The summed E-state index contributed by atoms with van der Waals surface area (Å²) in [6.07, 6.45) is 0. The van der Waals surface area contributed by atoms with Crippen molar-refractivity contribution < 1.29 is 22.7 Å². The fraction of sp³-hybridized carbons (Fsp3) is 0.0625. The quantitative estimate of drug-likeness (QED) is 0.682. The maximum Gasteiger partial charge on any atom is 0.235 e. The summed E-state index contributed by atoms with van der Waals surface area (Å²) >= 11 is 0. The van der Waals surface area contributed by atoms with Crippen LogP contribution in [-0.4, -0.2) is 12.4 Å². The van der Waals surface area contributed by atoms with E-state index in [1.54, 1.807) is 18.2 Å². The minimum Gasteiger partial charge on any atom is -0.482 e. The molecule has 0 aliphatic rings. The number of carbonyl (C=O) groups is 1. The molecule has 0 amide bonds. The molecule has 3 nitrogen and oxygen atoms in total. The lowest BCUT2D eigenvalue weighted by Gasteiger charge is -2.05. The number of hydrogen-bond acceptors (Lipinski definition) is 3. The Morgan fingerprint density at radius 2 is 1.90 bits per heavy atom. The van der Waals surface area contributed by atoms with Gasteiger partial charge in [-0.3, -0.25) is 4.79 Å². The van der Waals surface area contributed by atoms with Gasteiger partial charge < -0.3 is 9.15 Å². The summed E-state index contributed by atoms with van der Waals surface area (Å²) < 4.78 is 36.6. The molecule has 0 fully saturated rings. The zero-order chi connectivity index (χ0) is 14.8. The SMILES string of the molecule is O=C(COc1ccc(F)cc1F)c1cc2ccccc2o1. The van der Waals surface area contributed by atoms with Gasteiger partial charge in [0.15, 0.2) is 23.9 Å². The third-order valence-corrected chi connectivity index (χ3v) is 2.95. The van der Waals surface area contributed by atoms with E-state index in [0.717, 1.165) is 17.5 Å². The highest BCUT2D eigenvalue weighted by Crippen LogP contribution is 2.21. The molecule has 0 atom stereocenters. The van der Waals surface area contributed by atoms with Gasteiger partial charge in [0.1, 0.15) is 11.4 Å². The van der Waals surface area contributed by atoms with Crippen LogP contribution in [0.4, 0.5) is 8.78 Å². The minimum atomic E-state index is -0.854. The Labute approximate surface area is 118 Å². The lowest BCUT2D eigenvalue weighted by molar-refractivity contribution is 0.0893. The molecule has 1 aromatic heterocycles. The first kappa shape index (κ1) is 13.3. The highest BCUT2D eigenvalue weighted by atomic mass is 19.1. The van der Waals surface area contributed by atoms with Gasteiger partial charge in [-0.2, -0.15) is 0 Å². The van der Waals surface area contributed by atoms with E-state index < -0.39 is 17.4 Å². The van der Waals surface area contributed by atoms with Gasteiger partial charge in [-0.05, 0) is 24.3 Å². The van der Waals surface area contributed by atoms with Crippen LogP contribution in [0, 0.1) is 11.6 Å². The first-order valence-corrected chi connectivity index (χ1v) is 6.23. The van der Waals surface area contributed by atoms with Crippen LogP contribution in [0.1, 0.15) is 10.6 Å². The molecule has 0 saturated carbocycles. The number of carbonyl (C=O) groups excluding carboxylic acids is 1. The predicted octanol–water partition coefficient (Wildman–Crippen LogP) is 3.97. The number of Topliss-reactive ketones (excluding diaryl/α,β-unsaturated/α-hetero) is 1.